The smallest absolute Gasteiger partial charge is 0.243 e. The van der Waals surface area contributed by atoms with Gasteiger partial charge < -0.3 is 5.32 Å². The first-order valence-electron chi connectivity index (χ1n) is 9.68. The number of aryl methyl sites for hydroxylation is 2. The summed E-state index contributed by atoms with van der Waals surface area (Å²) in [6.07, 6.45) is 2.72. The van der Waals surface area contributed by atoms with Crippen molar-refractivity contribution in [3.63, 3.8) is 0 Å². The third-order valence-electron chi connectivity index (χ3n) is 5.05. The monoisotopic (exact) mass is 429 g/mol. The minimum Gasteiger partial charge on any atom is -0.326 e. The number of thiazole rings is 1. The van der Waals surface area contributed by atoms with E-state index in [9.17, 15) is 13.2 Å². The topological polar surface area (TPSA) is 79.4 Å². The molecular formula is C21H23N3O3S2. The van der Waals surface area contributed by atoms with Crippen LogP contribution in [0.25, 0.3) is 10.2 Å². The molecule has 2 heterocycles. The number of anilines is 1. The van der Waals surface area contributed by atoms with Crippen molar-refractivity contribution in [2.45, 2.75) is 37.5 Å². The Morgan fingerprint density at radius 3 is 2.59 bits per heavy atom. The maximum atomic E-state index is 12.6. The molecule has 1 N–H and O–H groups in total. The normalized spacial score (nSPS) is 15.1. The maximum absolute atomic E-state index is 12.6. The average molecular weight is 430 g/mol. The molecule has 0 radical (unpaired) electrons. The second-order valence-corrected chi connectivity index (χ2v) is 10.4. The third-order valence-corrected chi connectivity index (χ3v) is 7.89. The minimum absolute atomic E-state index is 0.0700. The van der Waals surface area contributed by atoms with Gasteiger partial charge in [-0.15, -0.1) is 11.3 Å². The number of rotatable bonds is 6. The van der Waals surface area contributed by atoms with E-state index in [4.69, 9.17) is 0 Å². The fraction of sp³-hybridized carbons (Fsp3) is 0.333. The van der Waals surface area contributed by atoms with Crippen LogP contribution in [0.5, 0.6) is 0 Å². The van der Waals surface area contributed by atoms with Gasteiger partial charge in [0.05, 0.1) is 20.1 Å². The van der Waals surface area contributed by atoms with E-state index in [0.29, 0.717) is 30.8 Å². The van der Waals surface area contributed by atoms with Crippen molar-refractivity contribution in [3.05, 3.63) is 53.0 Å². The van der Waals surface area contributed by atoms with Crippen molar-refractivity contribution in [3.8, 4) is 0 Å². The van der Waals surface area contributed by atoms with E-state index in [2.05, 4.69) is 10.3 Å². The van der Waals surface area contributed by atoms with Gasteiger partial charge in [-0.25, -0.2) is 13.4 Å². The Bertz CT molecular complexity index is 1130. The van der Waals surface area contributed by atoms with Crippen molar-refractivity contribution in [2.75, 3.05) is 18.4 Å². The number of hydrogen-bond acceptors (Lipinski definition) is 5. The Kier molecular flexibility index (Phi) is 5.67. The van der Waals surface area contributed by atoms with Gasteiger partial charge in [0.2, 0.25) is 15.9 Å². The second kappa shape index (κ2) is 8.22. The van der Waals surface area contributed by atoms with Gasteiger partial charge in [-0.2, -0.15) is 4.31 Å². The van der Waals surface area contributed by atoms with E-state index in [1.54, 1.807) is 35.6 Å². The molecule has 1 saturated heterocycles. The highest BCUT2D eigenvalue weighted by Gasteiger charge is 2.26. The lowest BCUT2D eigenvalue weighted by atomic mass is 10.1. The van der Waals surface area contributed by atoms with Crippen molar-refractivity contribution in [1.82, 2.24) is 9.29 Å². The molecule has 6 nitrogen and oxygen atoms in total. The Balaban J connectivity index is 1.35. The molecule has 0 saturated carbocycles. The standard InChI is InChI=1S/C21H23N3O3S2/c1-15-22-19-10-7-17(14-20(19)28-15)23-21(25)11-6-16-4-8-18(9-5-16)29(26,27)24-12-2-3-13-24/h4-5,7-10,14H,2-3,6,11-13H2,1H3,(H,23,25). The molecule has 4 rings (SSSR count). The number of aromatic nitrogens is 1. The van der Waals surface area contributed by atoms with Crippen LogP contribution in [0.1, 0.15) is 29.8 Å². The zero-order chi connectivity index (χ0) is 20.4. The van der Waals surface area contributed by atoms with E-state index in [0.717, 1.165) is 39.3 Å². The average Bonchev–Trinajstić information content (AvgIpc) is 3.36. The zero-order valence-electron chi connectivity index (χ0n) is 16.2. The van der Waals surface area contributed by atoms with Gasteiger partial charge >= 0.3 is 0 Å². The molecule has 0 spiro atoms. The van der Waals surface area contributed by atoms with Gasteiger partial charge in [0, 0.05) is 25.2 Å². The fourth-order valence-electron chi connectivity index (χ4n) is 3.50. The molecule has 1 amide bonds. The fourth-order valence-corrected chi connectivity index (χ4v) is 5.89. The number of fused-ring (bicyclic) bond motifs is 1. The summed E-state index contributed by atoms with van der Waals surface area (Å²) < 4.78 is 27.7. The molecule has 1 aliphatic heterocycles. The predicted molar refractivity (Wildman–Crippen MR) is 116 cm³/mol. The summed E-state index contributed by atoms with van der Waals surface area (Å²) in [7, 11) is -3.39. The Labute approximate surface area is 174 Å². The number of benzene rings is 2. The Morgan fingerprint density at radius 2 is 1.86 bits per heavy atom. The van der Waals surface area contributed by atoms with Crippen molar-refractivity contribution >= 4 is 43.2 Å². The van der Waals surface area contributed by atoms with Crippen LogP contribution in [0.4, 0.5) is 5.69 Å². The van der Waals surface area contributed by atoms with Gasteiger partial charge in [0.15, 0.2) is 0 Å². The third kappa shape index (κ3) is 4.49. The van der Waals surface area contributed by atoms with Crippen molar-refractivity contribution in [2.24, 2.45) is 0 Å². The molecule has 0 aliphatic carbocycles. The largest absolute Gasteiger partial charge is 0.326 e. The van der Waals surface area contributed by atoms with E-state index in [-0.39, 0.29) is 5.91 Å². The molecule has 3 aromatic rings. The number of nitrogens with zero attached hydrogens (tertiary/aromatic N) is 2. The van der Waals surface area contributed by atoms with Gasteiger partial charge in [0.25, 0.3) is 0 Å². The Hall–Kier alpha value is -2.29. The van der Waals surface area contributed by atoms with Crippen LogP contribution in [-0.2, 0) is 21.2 Å². The minimum atomic E-state index is -3.39. The van der Waals surface area contributed by atoms with E-state index in [1.807, 2.05) is 25.1 Å². The summed E-state index contributed by atoms with van der Waals surface area (Å²) in [5.74, 6) is -0.0700. The molecule has 0 unspecified atom stereocenters. The van der Waals surface area contributed by atoms with Crippen LogP contribution in [-0.4, -0.2) is 36.7 Å². The molecule has 152 valence electrons. The van der Waals surface area contributed by atoms with Crippen LogP contribution in [0, 0.1) is 6.92 Å². The first-order valence-corrected chi connectivity index (χ1v) is 11.9. The molecule has 1 aromatic heterocycles. The van der Waals surface area contributed by atoms with Crippen LogP contribution < -0.4 is 5.32 Å². The van der Waals surface area contributed by atoms with E-state index >= 15 is 0 Å². The highest BCUT2D eigenvalue weighted by atomic mass is 32.2. The summed E-state index contributed by atoms with van der Waals surface area (Å²) >= 11 is 1.60. The van der Waals surface area contributed by atoms with Crippen LogP contribution in [0.2, 0.25) is 0 Å². The maximum Gasteiger partial charge on any atom is 0.243 e. The lowest BCUT2D eigenvalue weighted by Gasteiger charge is -2.15. The van der Waals surface area contributed by atoms with Crippen LogP contribution >= 0.6 is 11.3 Å². The van der Waals surface area contributed by atoms with Gasteiger partial charge in [0.1, 0.15) is 0 Å². The molecule has 2 aromatic carbocycles. The summed E-state index contributed by atoms with van der Waals surface area (Å²) in [6, 6.07) is 12.6. The molecule has 29 heavy (non-hydrogen) atoms. The molecule has 1 aliphatic rings. The predicted octanol–water partition coefficient (Wildman–Crippen LogP) is 3.96. The first-order chi connectivity index (χ1) is 13.9. The number of carbonyl (C=O) groups excluding carboxylic acids is 1. The molecule has 8 heteroatoms. The van der Waals surface area contributed by atoms with E-state index < -0.39 is 10.0 Å². The van der Waals surface area contributed by atoms with Crippen molar-refractivity contribution < 1.29 is 13.2 Å². The highest BCUT2D eigenvalue weighted by Crippen LogP contribution is 2.25. The summed E-state index contributed by atoms with van der Waals surface area (Å²) in [4.78, 5) is 17.0. The second-order valence-electron chi connectivity index (χ2n) is 7.22. The Morgan fingerprint density at radius 1 is 1.14 bits per heavy atom. The summed E-state index contributed by atoms with van der Waals surface area (Å²) in [6.45, 7) is 3.15. The first kappa shape index (κ1) is 20.0. The van der Waals surface area contributed by atoms with Gasteiger partial charge in [-0.1, -0.05) is 12.1 Å². The quantitative estimate of drug-likeness (QED) is 0.643. The van der Waals surface area contributed by atoms with Gasteiger partial charge in [-0.05, 0) is 62.1 Å². The summed E-state index contributed by atoms with van der Waals surface area (Å²) in [5.41, 5.74) is 2.64. The van der Waals surface area contributed by atoms with Crippen molar-refractivity contribution in [1.29, 1.82) is 0 Å². The summed E-state index contributed by atoms with van der Waals surface area (Å²) in [5, 5.41) is 3.92. The lowest BCUT2D eigenvalue weighted by Crippen LogP contribution is -2.27. The van der Waals surface area contributed by atoms with Crippen LogP contribution in [0.3, 0.4) is 0 Å². The van der Waals surface area contributed by atoms with Gasteiger partial charge in [-0.3, -0.25) is 4.79 Å². The lowest BCUT2D eigenvalue weighted by molar-refractivity contribution is -0.116. The molecule has 1 fully saturated rings. The number of nitrogens with one attached hydrogen (secondary N) is 1. The SMILES string of the molecule is Cc1nc2ccc(NC(=O)CCc3ccc(S(=O)(=O)N4CCCC4)cc3)cc2s1. The number of hydrogen-bond donors (Lipinski definition) is 1. The molecule has 0 atom stereocenters. The zero-order valence-corrected chi connectivity index (χ0v) is 17.9. The number of carbonyl (C=O) groups is 1. The van der Waals surface area contributed by atoms with E-state index in [1.165, 1.54) is 4.31 Å². The highest BCUT2D eigenvalue weighted by molar-refractivity contribution is 7.89. The number of sulfonamides is 1. The molecule has 0 bridgehead atoms. The molecular weight excluding hydrogens is 406 g/mol. The van der Waals surface area contributed by atoms with Crippen LogP contribution in [0.15, 0.2) is 47.4 Å². The number of amides is 1.